The Hall–Kier alpha value is -1.60. The minimum absolute atomic E-state index is 0.197. The highest BCUT2D eigenvalue weighted by Crippen LogP contribution is 2.40. The van der Waals surface area contributed by atoms with Crippen molar-refractivity contribution in [1.29, 1.82) is 0 Å². The summed E-state index contributed by atoms with van der Waals surface area (Å²) in [5.41, 5.74) is 3.31. The van der Waals surface area contributed by atoms with Crippen LogP contribution in [0, 0.1) is 0 Å². The Morgan fingerprint density at radius 1 is 1.00 bits per heavy atom. The van der Waals surface area contributed by atoms with Crippen LogP contribution < -0.4 is 10.4 Å². The summed E-state index contributed by atoms with van der Waals surface area (Å²) >= 11 is 6.56. The van der Waals surface area contributed by atoms with E-state index in [0.29, 0.717) is 29.6 Å². The fourth-order valence-electron chi connectivity index (χ4n) is 4.57. The summed E-state index contributed by atoms with van der Waals surface area (Å²) in [5, 5.41) is 1.59. The van der Waals surface area contributed by atoms with E-state index >= 15 is 0 Å². The first-order valence-corrected chi connectivity index (χ1v) is 10.5. The Morgan fingerprint density at radius 2 is 1.75 bits per heavy atom. The van der Waals surface area contributed by atoms with E-state index in [9.17, 15) is 4.79 Å². The van der Waals surface area contributed by atoms with Crippen LogP contribution >= 0.6 is 11.6 Å². The molecule has 0 saturated carbocycles. The van der Waals surface area contributed by atoms with Gasteiger partial charge in [-0.3, -0.25) is 9.80 Å². The van der Waals surface area contributed by atoms with E-state index in [4.69, 9.17) is 25.5 Å². The Bertz CT molecular complexity index is 952. The number of halogens is 1. The maximum Gasteiger partial charge on any atom is 0.339 e. The standard InChI is InChI=1S/C21H25ClN2O4/c22-18-11-16-14-3-1-2-4-15(14)21(25)28-19(16)17-12-24(13-27-20(17)18)6-5-23-7-9-26-10-8-23/h11H,1-10,12-13H2. The van der Waals surface area contributed by atoms with E-state index in [1.54, 1.807) is 0 Å². The molecular formula is C21H25ClN2O4. The molecule has 1 fully saturated rings. The molecule has 0 radical (unpaired) electrons. The Kier molecular flexibility index (Phi) is 5.05. The number of nitrogens with zero attached hydrogens (tertiary/aromatic N) is 2. The summed E-state index contributed by atoms with van der Waals surface area (Å²) in [6.45, 7) is 6.59. The molecule has 3 aliphatic rings. The molecule has 0 amide bonds. The number of rotatable bonds is 3. The zero-order valence-corrected chi connectivity index (χ0v) is 16.7. The third kappa shape index (κ3) is 3.32. The third-order valence-corrected chi connectivity index (χ3v) is 6.40. The van der Waals surface area contributed by atoms with Crippen LogP contribution in [0.5, 0.6) is 5.75 Å². The van der Waals surface area contributed by atoms with E-state index < -0.39 is 0 Å². The SMILES string of the molecule is O=c1oc2c3c(c(Cl)cc2c2c1CCCC2)OCN(CCN1CCOCC1)C3. The third-order valence-electron chi connectivity index (χ3n) is 6.12. The fraction of sp³-hybridized carbons (Fsp3) is 0.571. The van der Waals surface area contributed by atoms with Crippen LogP contribution in [-0.2, 0) is 24.1 Å². The summed E-state index contributed by atoms with van der Waals surface area (Å²) in [6, 6.07) is 1.92. The van der Waals surface area contributed by atoms with Crippen LogP contribution in [0.25, 0.3) is 11.0 Å². The normalized spacial score (nSPS) is 20.6. The lowest BCUT2D eigenvalue weighted by Gasteiger charge is -2.33. The molecule has 0 spiro atoms. The highest BCUT2D eigenvalue weighted by Gasteiger charge is 2.27. The molecule has 2 aliphatic heterocycles. The number of hydrogen-bond donors (Lipinski definition) is 0. The molecule has 0 bridgehead atoms. The van der Waals surface area contributed by atoms with Gasteiger partial charge in [0.2, 0.25) is 0 Å². The zero-order valence-electron chi connectivity index (χ0n) is 16.0. The Labute approximate surface area is 168 Å². The molecule has 5 rings (SSSR count). The number of morpholine rings is 1. The molecule has 6 nitrogen and oxygen atoms in total. The molecule has 0 atom stereocenters. The Morgan fingerprint density at radius 3 is 2.57 bits per heavy atom. The van der Waals surface area contributed by atoms with Crippen LogP contribution in [0.15, 0.2) is 15.3 Å². The average Bonchev–Trinajstić information content (AvgIpc) is 2.74. The van der Waals surface area contributed by atoms with Gasteiger partial charge in [0, 0.05) is 43.7 Å². The summed E-state index contributed by atoms with van der Waals surface area (Å²) in [4.78, 5) is 17.2. The number of ether oxygens (including phenoxy) is 2. The van der Waals surface area contributed by atoms with Crippen molar-refractivity contribution in [1.82, 2.24) is 9.80 Å². The number of fused-ring (bicyclic) bond motifs is 5. The van der Waals surface area contributed by atoms with Gasteiger partial charge in [-0.25, -0.2) is 4.79 Å². The second-order valence-electron chi connectivity index (χ2n) is 7.88. The predicted octanol–water partition coefficient (Wildman–Crippen LogP) is 2.81. The molecule has 3 heterocycles. The molecule has 1 saturated heterocycles. The van der Waals surface area contributed by atoms with E-state index in [1.165, 1.54) is 0 Å². The minimum Gasteiger partial charge on any atom is -0.476 e. The first-order chi connectivity index (χ1) is 13.7. The van der Waals surface area contributed by atoms with Gasteiger partial charge in [-0.05, 0) is 37.3 Å². The molecule has 28 heavy (non-hydrogen) atoms. The van der Waals surface area contributed by atoms with Gasteiger partial charge in [0.25, 0.3) is 0 Å². The van der Waals surface area contributed by atoms with Gasteiger partial charge in [-0.2, -0.15) is 0 Å². The van der Waals surface area contributed by atoms with Gasteiger partial charge >= 0.3 is 5.63 Å². The van der Waals surface area contributed by atoms with Crippen LogP contribution in [0.1, 0.15) is 29.5 Å². The molecule has 2 aromatic rings. The molecule has 0 unspecified atom stereocenters. The quantitative estimate of drug-likeness (QED) is 0.733. The summed E-state index contributed by atoms with van der Waals surface area (Å²) in [6.07, 6.45) is 3.85. The smallest absolute Gasteiger partial charge is 0.339 e. The first kappa shape index (κ1) is 18.4. The molecule has 1 aromatic heterocycles. The van der Waals surface area contributed by atoms with Gasteiger partial charge < -0.3 is 13.9 Å². The van der Waals surface area contributed by atoms with Gasteiger partial charge in [0.1, 0.15) is 18.1 Å². The van der Waals surface area contributed by atoms with E-state index in [2.05, 4.69) is 9.80 Å². The molecule has 1 aromatic carbocycles. The van der Waals surface area contributed by atoms with Gasteiger partial charge in [0.05, 0.1) is 23.8 Å². The van der Waals surface area contributed by atoms with Gasteiger partial charge in [-0.15, -0.1) is 0 Å². The van der Waals surface area contributed by atoms with Crippen LogP contribution in [0.2, 0.25) is 5.02 Å². The maximum atomic E-state index is 12.6. The maximum absolute atomic E-state index is 12.6. The lowest BCUT2D eigenvalue weighted by molar-refractivity contribution is 0.0241. The molecular weight excluding hydrogens is 380 g/mol. The van der Waals surface area contributed by atoms with Crippen molar-refractivity contribution in [3.05, 3.63) is 38.2 Å². The van der Waals surface area contributed by atoms with Crippen molar-refractivity contribution in [2.45, 2.75) is 32.2 Å². The largest absolute Gasteiger partial charge is 0.476 e. The lowest BCUT2D eigenvalue weighted by Crippen LogP contribution is -2.43. The van der Waals surface area contributed by atoms with Gasteiger partial charge in [-0.1, -0.05) is 11.6 Å². The van der Waals surface area contributed by atoms with E-state index in [0.717, 1.165) is 87.2 Å². The monoisotopic (exact) mass is 404 g/mol. The second kappa shape index (κ2) is 7.67. The number of aryl methyl sites for hydroxylation is 1. The number of benzene rings is 1. The summed E-state index contributed by atoms with van der Waals surface area (Å²) < 4.78 is 17.2. The van der Waals surface area contributed by atoms with Crippen LogP contribution in [-0.4, -0.2) is 55.9 Å². The average molecular weight is 405 g/mol. The van der Waals surface area contributed by atoms with Crippen molar-refractivity contribution in [3.63, 3.8) is 0 Å². The molecule has 7 heteroatoms. The molecule has 1 aliphatic carbocycles. The second-order valence-corrected chi connectivity index (χ2v) is 8.28. The van der Waals surface area contributed by atoms with Crippen LogP contribution in [0.4, 0.5) is 0 Å². The van der Waals surface area contributed by atoms with Crippen molar-refractivity contribution in [3.8, 4) is 5.75 Å². The molecule has 0 N–H and O–H groups in total. The van der Waals surface area contributed by atoms with Crippen molar-refractivity contribution < 1.29 is 13.9 Å². The minimum atomic E-state index is -0.197. The lowest BCUT2D eigenvalue weighted by atomic mass is 9.90. The van der Waals surface area contributed by atoms with Crippen LogP contribution in [0.3, 0.4) is 0 Å². The zero-order chi connectivity index (χ0) is 19.1. The van der Waals surface area contributed by atoms with E-state index in [-0.39, 0.29) is 5.63 Å². The highest BCUT2D eigenvalue weighted by atomic mass is 35.5. The molecule has 150 valence electrons. The van der Waals surface area contributed by atoms with E-state index in [1.807, 2.05) is 6.07 Å². The van der Waals surface area contributed by atoms with Crippen molar-refractivity contribution >= 4 is 22.6 Å². The van der Waals surface area contributed by atoms with Crippen molar-refractivity contribution in [2.75, 3.05) is 46.1 Å². The highest BCUT2D eigenvalue weighted by molar-refractivity contribution is 6.33. The number of hydrogen-bond acceptors (Lipinski definition) is 6. The summed E-state index contributed by atoms with van der Waals surface area (Å²) in [5.74, 6) is 0.663. The first-order valence-electron chi connectivity index (χ1n) is 10.2. The topological polar surface area (TPSA) is 55.2 Å². The van der Waals surface area contributed by atoms with Crippen molar-refractivity contribution in [2.24, 2.45) is 0 Å². The van der Waals surface area contributed by atoms with Gasteiger partial charge in [0.15, 0.2) is 0 Å². The predicted molar refractivity (Wildman–Crippen MR) is 107 cm³/mol. The Balaban J connectivity index is 1.47. The fourth-order valence-corrected chi connectivity index (χ4v) is 4.84. The summed E-state index contributed by atoms with van der Waals surface area (Å²) in [7, 11) is 0.